The number of nitrogen functional groups attached to an aromatic ring is 1. The highest BCUT2D eigenvalue weighted by molar-refractivity contribution is 5.49. The van der Waals surface area contributed by atoms with E-state index in [0.717, 1.165) is 5.56 Å². The van der Waals surface area contributed by atoms with Gasteiger partial charge in [0.1, 0.15) is 5.75 Å². The molecule has 0 aliphatic rings. The highest BCUT2D eigenvalue weighted by atomic mass is 16.5. The van der Waals surface area contributed by atoms with Crippen LogP contribution in [-0.4, -0.2) is 11.1 Å². The predicted molar refractivity (Wildman–Crippen MR) is 80.2 cm³/mol. The van der Waals surface area contributed by atoms with Crippen molar-refractivity contribution in [2.24, 2.45) is 0 Å². The fourth-order valence-corrected chi connectivity index (χ4v) is 1.70. The smallest absolute Gasteiger partial charge is 0.240 e. The zero-order valence-electron chi connectivity index (χ0n) is 12.0. The minimum Gasteiger partial charge on any atom is -0.473 e. The Kier molecular flexibility index (Phi) is 4.62. The molecule has 0 aliphatic carbocycles. The molecule has 0 atom stereocenters. The number of hydrogen-bond donors (Lipinski definition) is 1. The largest absolute Gasteiger partial charge is 0.473 e. The van der Waals surface area contributed by atoms with Gasteiger partial charge in [-0.25, -0.2) is 0 Å². The fourth-order valence-electron chi connectivity index (χ4n) is 1.70. The monoisotopic (exact) mass is 283 g/mol. The van der Waals surface area contributed by atoms with E-state index in [4.69, 9.17) is 20.5 Å². The highest BCUT2D eigenvalue weighted by Crippen LogP contribution is 2.26. The SMILES string of the molecule is CC(C)Oc1nc(Oc2ccc(CC#N)cc2)ccc1N. The summed E-state index contributed by atoms with van der Waals surface area (Å²) < 4.78 is 11.2. The van der Waals surface area contributed by atoms with Crippen LogP contribution in [0.3, 0.4) is 0 Å². The Hall–Kier alpha value is -2.74. The predicted octanol–water partition coefficient (Wildman–Crippen LogP) is 3.31. The molecule has 5 heteroatoms. The van der Waals surface area contributed by atoms with E-state index in [-0.39, 0.29) is 6.10 Å². The lowest BCUT2D eigenvalue weighted by Crippen LogP contribution is -2.09. The van der Waals surface area contributed by atoms with Crippen LogP contribution < -0.4 is 15.2 Å². The quantitative estimate of drug-likeness (QED) is 0.910. The summed E-state index contributed by atoms with van der Waals surface area (Å²) in [7, 11) is 0. The lowest BCUT2D eigenvalue weighted by atomic mass is 10.2. The van der Waals surface area contributed by atoms with E-state index in [9.17, 15) is 0 Å². The van der Waals surface area contributed by atoms with Gasteiger partial charge in [-0.05, 0) is 37.6 Å². The summed E-state index contributed by atoms with van der Waals surface area (Å²) in [6.07, 6.45) is 0.368. The van der Waals surface area contributed by atoms with Crippen molar-refractivity contribution in [3.8, 4) is 23.6 Å². The van der Waals surface area contributed by atoms with Gasteiger partial charge in [0, 0.05) is 6.07 Å². The van der Waals surface area contributed by atoms with Gasteiger partial charge in [0.2, 0.25) is 11.8 Å². The zero-order chi connectivity index (χ0) is 15.2. The van der Waals surface area contributed by atoms with Gasteiger partial charge in [-0.1, -0.05) is 12.1 Å². The Morgan fingerprint density at radius 3 is 2.52 bits per heavy atom. The van der Waals surface area contributed by atoms with Gasteiger partial charge in [0.05, 0.1) is 24.3 Å². The minimum absolute atomic E-state index is 0.0136. The van der Waals surface area contributed by atoms with Gasteiger partial charge >= 0.3 is 0 Å². The first-order valence-electron chi connectivity index (χ1n) is 6.65. The van der Waals surface area contributed by atoms with Crippen LogP contribution in [0.1, 0.15) is 19.4 Å². The maximum Gasteiger partial charge on any atom is 0.240 e. The molecular formula is C16H17N3O2. The molecule has 0 amide bonds. The summed E-state index contributed by atoms with van der Waals surface area (Å²) in [5, 5.41) is 8.64. The molecule has 0 fully saturated rings. The molecule has 1 aromatic carbocycles. The molecular weight excluding hydrogens is 266 g/mol. The standard InChI is InChI=1S/C16H17N3O2/c1-11(2)20-16-14(18)7-8-15(19-16)21-13-5-3-12(4-6-13)9-10-17/h3-8,11H,9,18H2,1-2H3. The molecule has 2 rings (SSSR count). The zero-order valence-corrected chi connectivity index (χ0v) is 12.0. The third kappa shape index (κ3) is 4.11. The molecule has 0 bridgehead atoms. The lowest BCUT2D eigenvalue weighted by molar-refractivity contribution is 0.232. The molecule has 0 unspecified atom stereocenters. The number of aromatic nitrogens is 1. The molecule has 5 nitrogen and oxygen atoms in total. The fraction of sp³-hybridized carbons (Fsp3) is 0.250. The van der Waals surface area contributed by atoms with E-state index < -0.39 is 0 Å². The van der Waals surface area contributed by atoms with Crippen LogP contribution in [0.25, 0.3) is 0 Å². The van der Waals surface area contributed by atoms with E-state index in [1.165, 1.54) is 0 Å². The van der Waals surface area contributed by atoms with Gasteiger partial charge in [-0.15, -0.1) is 0 Å². The van der Waals surface area contributed by atoms with Crippen LogP contribution in [0.4, 0.5) is 5.69 Å². The molecule has 1 aromatic heterocycles. The number of rotatable bonds is 5. The van der Waals surface area contributed by atoms with Gasteiger partial charge in [0.25, 0.3) is 0 Å². The maximum absolute atomic E-state index is 8.64. The van der Waals surface area contributed by atoms with Crippen molar-refractivity contribution in [3.63, 3.8) is 0 Å². The number of anilines is 1. The van der Waals surface area contributed by atoms with Crippen molar-refractivity contribution in [1.82, 2.24) is 4.98 Å². The molecule has 0 saturated heterocycles. The summed E-state index contributed by atoms with van der Waals surface area (Å²) >= 11 is 0. The first-order chi connectivity index (χ1) is 10.1. The molecule has 2 aromatic rings. The third-order valence-electron chi connectivity index (χ3n) is 2.64. The van der Waals surface area contributed by atoms with Crippen LogP contribution in [0, 0.1) is 11.3 Å². The summed E-state index contributed by atoms with van der Waals surface area (Å²) in [6, 6.07) is 12.8. The average Bonchev–Trinajstić information content (AvgIpc) is 2.44. The van der Waals surface area contributed by atoms with Crippen molar-refractivity contribution in [2.75, 3.05) is 5.73 Å². The lowest BCUT2D eigenvalue weighted by Gasteiger charge is -2.12. The molecule has 21 heavy (non-hydrogen) atoms. The summed E-state index contributed by atoms with van der Waals surface area (Å²) in [4.78, 5) is 4.24. The summed E-state index contributed by atoms with van der Waals surface area (Å²) in [6.45, 7) is 3.81. The van der Waals surface area contributed by atoms with Gasteiger partial charge in [-0.2, -0.15) is 10.2 Å². The van der Waals surface area contributed by atoms with Crippen LogP contribution in [0.2, 0.25) is 0 Å². The normalized spacial score (nSPS) is 10.2. The molecule has 108 valence electrons. The van der Waals surface area contributed by atoms with E-state index in [2.05, 4.69) is 11.1 Å². The van der Waals surface area contributed by atoms with Gasteiger partial charge in [0.15, 0.2) is 0 Å². The van der Waals surface area contributed by atoms with Gasteiger partial charge < -0.3 is 15.2 Å². The number of hydrogen-bond acceptors (Lipinski definition) is 5. The molecule has 1 heterocycles. The second-order valence-corrected chi connectivity index (χ2v) is 4.79. The van der Waals surface area contributed by atoms with Gasteiger partial charge in [-0.3, -0.25) is 0 Å². The number of benzene rings is 1. The van der Waals surface area contributed by atoms with Crippen molar-refractivity contribution in [3.05, 3.63) is 42.0 Å². The average molecular weight is 283 g/mol. The Bertz CT molecular complexity index is 646. The highest BCUT2D eigenvalue weighted by Gasteiger charge is 2.08. The Balaban J connectivity index is 2.14. The van der Waals surface area contributed by atoms with Crippen molar-refractivity contribution >= 4 is 5.69 Å². The topological polar surface area (TPSA) is 81.2 Å². The molecule has 0 spiro atoms. The Labute approximate surface area is 123 Å². The van der Waals surface area contributed by atoms with Crippen LogP contribution in [0.5, 0.6) is 17.5 Å². The number of ether oxygens (including phenoxy) is 2. The number of nitrogens with zero attached hydrogens (tertiary/aromatic N) is 2. The van der Waals surface area contributed by atoms with E-state index in [1.807, 2.05) is 26.0 Å². The number of nitriles is 1. The maximum atomic E-state index is 8.64. The molecule has 0 saturated carbocycles. The Morgan fingerprint density at radius 2 is 1.90 bits per heavy atom. The van der Waals surface area contributed by atoms with E-state index in [1.54, 1.807) is 24.3 Å². The van der Waals surface area contributed by atoms with Crippen LogP contribution >= 0.6 is 0 Å². The summed E-state index contributed by atoms with van der Waals surface area (Å²) in [5.74, 6) is 1.42. The van der Waals surface area contributed by atoms with E-state index in [0.29, 0.717) is 29.6 Å². The van der Waals surface area contributed by atoms with Crippen molar-refractivity contribution in [2.45, 2.75) is 26.4 Å². The number of nitrogens with two attached hydrogens (primary N) is 1. The third-order valence-corrected chi connectivity index (χ3v) is 2.64. The minimum atomic E-state index is -0.0136. The van der Waals surface area contributed by atoms with Crippen molar-refractivity contribution in [1.29, 1.82) is 5.26 Å². The van der Waals surface area contributed by atoms with E-state index >= 15 is 0 Å². The molecule has 0 aliphatic heterocycles. The second-order valence-electron chi connectivity index (χ2n) is 4.79. The second kappa shape index (κ2) is 6.62. The van der Waals surface area contributed by atoms with Crippen molar-refractivity contribution < 1.29 is 9.47 Å². The van der Waals surface area contributed by atoms with Crippen LogP contribution in [0.15, 0.2) is 36.4 Å². The molecule has 2 N–H and O–H groups in total. The summed E-state index contributed by atoms with van der Waals surface area (Å²) in [5.41, 5.74) is 7.23. The number of pyridine rings is 1. The molecule has 0 radical (unpaired) electrons. The first kappa shape index (κ1) is 14.7. The first-order valence-corrected chi connectivity index (χ1v) is 6.65. The van der Waals surface area contributed by atoms with Crippen LogP contribution in [-0.2, 0) is 6.42 Å². The Morgan fingerprint density at radius 1 is 1.19 bits per heavy atom.